The molecule has 1 unspecified atom stereocenters. The summed E-state index contributed by atoms with van der Waals surface area (Å²) in [5.74, 6) is 0. The van der Waals surface area contributed by atoms with Crippen LogP contribution in [0.2, 0.25) is 0 Å². The SMILES string of the molecule is CCCCCCOP=NPCC. The fourth-order valence-electron chi connectivity index (χ4n) is 0.763. The van der Waals surface area contributed by atoms with E-state index in [0.29, 0.717) is 8.73 Å². The minimum Gasteiger partial charge on any atom is -0.311 e. The Bertz CT molecular complexity index is 109. The van der Waals surface area contributed by atoms with Gasteiger partial charge >= 0.3 is 0 Å². The van der Waals surface area contributed by atoms with Crippen molar-refractivity contribution in [1.29, 1.82) is 0 Å². The number of nitrogens with zero attached hydrogens (tertiary/aromatic N) is 1. The summed E-state index contributed by atoms with van der Waals surface area (Å²) in [7, 11) is 1.55. The zero-order valence-corrected chi connectivity index (χ0v) is 9.94. The molecule has 0 radical (unpaired) electrons. The maximum absolute atomic E-state index is 5.29. The Balaban J connectivity index is 2.90. The summed E-state index contributed by atoms with van der Waals surface area (Å²) in [5, 5.41) is 0. The van der Waals surface area contributed by atoms with Crippen LogP contribution in [-0.2, 0) is 4.52 Å². The lowest BCUT2D eigenvalue weighted by molar-refractivity contribution is 0.350. The maximum Gasteiger partial charge on any atom is 0.175 e. The smallest absolute Gasteiger partial charge is 0.175 e. The zero-order valence-electron chi connectivity index (χ0n) is 8.05. The van der Waals surface area contributed by atoms with Crippen LogP contribution in [0.4, 0.5) is 0 Å². The van der Waals surface area contributed by atoms with E-state index in [1.54, 1.807) is 0 Å². The van der Waals surface area contributed by atoms with Crippen molar-refractivity contribution in [2.75, 3.05) is 12.8 Å². The first-order valence-electron chi connectivity index (χ1n) is 4.66. The third-order valence-electron chi connectivity index (χ3n) is 1.42. The van der Waals surface area contributed by atoms with Gasteiger partial charge in [-0.25, -0.2) is 4.52 Å². The van der Waals surface area contributed by atoms with Crippen LogP contribution in [0.3, 0.4) is 0 Å². The van der Waals surface area contributed by atoms with Gasteiger partial charge in [0.15, 0.2) is 8.60 Å². The fourth-order valence-corrected chi connectivity index (χ4v) is 2.00. The van der Waals surface area contributed by atoms with Crippen LogP contribution in [0.5, 0.6) is 0 Å². The van der Waals surface area contributed by atoms with Crippen molar-refractivity contribution in [3.05, 3.63) is 0 Å². The first kappa shape index (κ1) is 12.5. The molecule has 0 fully saturated rings. The van der Waals surface area contributed by atoms with Gasteiger partial charge in [-0.3, -0.25) is 0 Å². The number of hydrogen-bond donors (Lipinski definition) is 0. The molecule has 0 spiro atoms. The Morgan fingerprint density at radius 1 is 1.25 bits per heavy atom. The average Bonchev–Trinajstić information content (AvgIpc) is 2.10. The molecule has 0 N–H and O–H groups in total. The normalized spacial score (nSPS) is 12.2. The lowest BCUT2D eigenvalue weighted by Crippen LogP contribution is -1.83. The van der Waals surface area contributed by atoms with Gasteiger partial charge in [-0.05, 0) is 12.6 Å². The molecular formula is C8H19NOP2. The van der Waals surface area contributed by atoms with Crippen molar-refractivity contribution >= 4 is 17.3 Å². The van der Waals surface area contributed by atoms with E-state index in [9.17, 15) is 0 Å². The van der Waals surface area contributed by atoms with E-state index in [4.69, 9.17) is 4.52 Å². The third-order valence-corrected chi connectivity index (χ3v) is 2.92. The van der Waals surface area contributed by atoms with E-state index in [1.807, 2.05) is 0 Å². The highest BCUT2D eigenvalue weighted by Gasteiger charge is 1.86. The fraction of sp³-hybridized carbons (Fsp3) is 1.00. The monoisotopic (exact) mass is 207 g/mol. The van der Waals surface area contributed by atoms with Crippen LogP contribution >= 0.6 is 17.3 Å². The summed E-state index contributed by atoms with van der Waals surface area (Å²) in [6.45, 7) is 5.23. The summed E-state index contributed by atoms with van der Waals surface area (Å²) in [5.41, 5.74) is 0. The van der Waals surface area contributed by atoms with Gasteiger partial charge in [0.05, 0.1) is 6.61 Å². The predicted octanol–water partition coefficient (Wildman–Crippen LogP) is 4.24. The second-order valence-electron chi connectivity index (χ2n) is 2.59. The quantitative estimate of drug-likeness (QED) is 0.431. The van der Waals surface area contributed by atoms with Crippen LogP contribution < -0.4 is 0 Å². The van der Waals surface area contributed by atoms with Crippen LogP contribution in [0.15, 0.2) is 4.52 Å². The van der Waals surface area contributed by atoms with Gasteiger partial charge in [-0.1, -0.05) is 33.1 Å². The van der Waals surface area contributed by atoms with E-state index >= 15 is 0 Å². The standard InChI is InChI=1S/C8H19NOP2/c1-3-5-6-7-8-10-12-9-11-4-2/h11H,3-8H2,1-2H3. The van der Waals surface area contributed by atoms with Crippen molar-refractivity contribution in [3.63, 3.8) is 0 Å². The zero-order chi connectivity index (χ0) is 9.07. The minimum atomic E-state index is 0.715. The van der Waals surface area contributed by atoms with Gasteiger partial charge < -0.3 is 4.52 Å². The molecule has 0 aromatic heterocycles. The summed E-state index contributed by atoms with van der Waals surface area (Å²) >= 11 is 0. The second kappa shape index (κ2) is 11.5. The van der Waals surface area contributed by atoms with Crippen molar-refractivity contribution in [2.24, 2.45) is 4.52 Å². The van der Waals surface area contributed by atoms with E-state index in [2.05, 4.69) is 18.4 Å². The highest BCUT2D eigenvalue weighted by molar-refractivity contribution is 7.43. The van der Waals surface area contributed by atoms with Gasteiger partial charge in [0.2, 0.25) is 0 Å². The van der Waals surface area contributed by atoms with E-state index in [-0.39, 0.29) is 0 Å². The van der Waals surface area contributed by atoms with Crippen molar-refractivity contribution in [2.45, 2.75) is 39.5 Å². The topological polar surface area (TPSA) is 21.6 Å². The lowest BCUT2D eigenvalue weighted by atomic mass is 10.2. The van der Waals surface area contributed by atoms with Crippen LogP contribution in [0.25, 0.3) is 0 Å². The molecule has 0 aromatic rings. The third kappa shape index (κ3) is 10.5. The molecule has 1 atom stereocenters. The Morgan fingerprint density at radius 2 is 2.08 bits per heavy atom. The molecule has 0 heterocycles. The Kier molecular flexibility index (Phi) is 12.0. The van der Waals surface area contributed by atoms with E-state index < -0.39 is 0 Å². The van der Waals surface area contributed by atoms with E-state index in [0.717, 1.165) is 21.4 Å². The molecule has 2 nitrogen and oxygen atoms in total. The Hall–Kier alpha value is 0.490. The summed E-state index contributed by atoms with van der Waals surface area (Å²) in [4.78, 5) is 0. The molecule has 0 aliphatic heterocycles. The summed E-state index contributed by atoms with van der Waals surface area (Å²) in [6.07, 6.45) is 6.24. The van der Waals surface area contributed by atoms with Gasteiger partial charge in [0, 0.05) is 8.73 Å². The molecule has 72 valence electrons. The summed E-state index contributed by atoms with van der Waals surface area (Å²) < 4.78 is 9.48. The molecular weight excluding hydrogens is 188 g/mol. The predicted molar refractivity (Wildman–Crippen MR) is 58.3 cm³/mol. The maximum atomic E-state index is 5.29. The molecule has 0 saturated carbocycles. The highest BCUT2D eigenvalue weighted by Crippen LogP contribution is 2.18. The second-order valence-corrected chi connectivity index (χ2v) is 4.83. The van der Waals surface area contributed by atoms with Gasteiger partial charge in [-0.15, -0.1) is 0 Å². The number of rotatable bonds is 8. The molecule has 0 aliphatic carbocycles. The number of hydrogen-bond acceptors (Lipinski definition) is 2. The Labute approximate surface area is 79.3 Å². The van der Waals surface area contributed by atoms with Gasteiger partial charge in [0.1, 0.15) is 0 Å². The average molecular weight is 207 g/mol. The summed E-state index contributed by atoms with van der Waals surface area (Å²) in [6, 6.07) is 0. The number of unbranched alkanes of at least 4 members (excludes halogenated alkanes) is 3. The van der Waals surface area contributed by atoms with Gasteiger partial charge in [-0.2, -0.15) is 0 Å². The molecule has 0 aromatic carbocycles. The largest absolute Gasteiger partial charge is 0.311 e. The molecule has 0 bridgehead atoms. The van der Waals surface area contributed by atoms with Crippen LogP contribution in [0, 0.1) is 0 Å². The molecule has 0 aliphatic rings. The molecule has 4 heteroatoms. The van der Waals surface area contributed by atoms with Crippen LogP contribution in [-0.4, -0.2) is 12.8 Å². The van der Waals surface area contributed by atoms with Crippen molar-refractivity contribution in [1.82, 2.24) is 0 Å². The van der Waals surface area contributed by atoms with Crippen molar-refractivity contribution < 1.29 is 4.52 Å². The minimum absolute atomic E-state index is 0.715. The first-order valence-corrected chi connectivity index (χ1v) is 6.58. The van der Waals surface area contributed by atoms with Gasteiger partial charge in [0.25, 0.3) is 0 Å². The molecule has 0 amide bonds. The molecule has 0 saturated heterocycles. The highest BCUT2D eigenvalue weighted by atomic mass is 31.1. The first-order chi connectivity index (χ1) is 5.91. The van der Waals surface area contributed by atoms with Crippen LogP contribution in [0.1, 0.15) is 39.5 Å². The Morgan fingerprint density at radius 3 is 2.75 bits per heavy atom. The van der Waals surface area contributed by atoms with Crippen molar-refractivity contribution in [3.8, 4) is 0 Å². The molecule has 0 rings (SSSR count). The molecule has 12 heavy (non-hydrogen) atoms. The lowest BCUT2D eigenvalue weighted by Gasteiger charge is -1.95. The van der Waals surface area contributed by atoms with E-state index in [1.165, 1.54) is 25.7 Å².